The molecule has 0 fully saturated rings. The molecule has 1 atom stereocenters. The molecule has 0 aliphatic heterocycles. The van der Waals surface area contributed by atoms with Crippen molar-refractivity contribution in [3.8, 4) is 5.75 Å². The van der Waals surface area contributed by atoms with Crippen LogP contribution in [0.1, 0.15) is 12.5 Å². The standard InChI is InChI=1S/C12H18BrNOS/c1-9(6-14)7-16-8-10-3-4-12(15-2)11(13)5-10/h3-5,9H,6-8,14H2,1-2H3. The van der Waals surface area contributed by atoms with Crippen LogP contribution in [0.25, 0.3) is 0 Å². The van der Waals surface area contributed by atoms with E-state index in [9.17, 15) is 0 Å². The van der Waals surface area contributed by atoms with Crippen LogP contribution in [0.2, 0.25) is 0 Å². The zero-order valence-corrected chi connectivity index (χ0v) is 12.1. The van der Waals surface area contributed by atoms with Gasteiger partial charge in [0.25, 0.3) is 0 Å². The summed E-state index contributed by atoms with van der Waals surface area (Å²) in [6.07, 6.45) is 0. The minimum Gasteiger partial charge on any atom is -0.496 e. The lowest BCUT2D eigenvalue weighted by Crippen LogP contribution is -2.12. The zero-order valence-electron chi connectivity index (χ0n) is 9.70. The van der Waals surface area contributed by atoms with Crippen molar-refractivity contribution in [1.82, 2.24) is 0 Å². The number of rotatable bonds is 6. The average molecular weight is 304 g/mol. The summed E-state index contributed by atoms with van der Waals surface area (Å²) in [6, 6.07) is 6.20. The summed E-state index contributed by atoms with van der Waals surface area (Å²) in [4.78, 5) is 0. The summed E-state index contributed by atoms with van der Waals surface area (Å²) in [5.41, 5.74) is 6.88. The highest BCUT2D eigenvalue weighted by atomic mass is 79.9. The minimum atomic E-state index is 0.590. The van der Waals surface area contributed by atoms with Gasteiger partial charge < -0.3 is 10.5 Å². The van der Waals surface area contributed by atoms with E-state index >= 15 is 0 Å². The fourth-order valence-electron chi connectivity index (χ4n) is 1.25. The smallest absolute Gasteiger partial charge is 0.133 e. The molecule has 0 saturated heterocycles. The van der Waals surface area contributed by atoms with Gasteiger partial charge in [-0.2, -0.15) is 11.8 Å². The number of methoxy groups -OCH3 is 1. The van der Waals surface area contributed by atoms with E-state index in [1.54, 1.807) is 7.11 Å². The van der Waals surface area contributed by atoms with E-state index in [-0.39, 0.29) is 0 Å². The van der Waals surface area contributed by atoms with Gasteiger partial charge in [-0.05, 0) is 51.8 Å². The maximum Gasteiger partial charge on any atom is 0.133 e. The summed E-state index contributed by atoms with van der Waals surface area (Å²) in [7, 11) is 1.68. The van der Waals surface area contributed by atoms with E-state index in [1.807, 2.05) is 17.8 Å². The van der Waals surface area contributed by atoms with Crippen molar-refractivity contribution in [3.05, 3.63) is 28.2 Å². The molecular formula is C12H18BrNOS. The maximum atomic E-state index is 5.58. The Balaban J connectivity index is 2.46. The second-order valence-electron chi connectivity index (χ2n) is 3.82. The van der Waals surface area contributed by atoms with Gasteiger partial charge in [0.2, 0.25) is 0 Å². The molecule has 2 N–H and O–H groups in total. The minimum absolute atomic E-state index is 0.590. The Morgan fingerprint density at radius 1 is 1.50 bits per heavy atom. The van der Waals surface area contributed by atoms with Gasteiger partial charge in [0.1, 0.15) is 5.75 Å². The Bertz CT molecular complexity index is 333. The average Bonchev–Trinajstić information content (AvgIpc) is 2.29. The fraction of sp³-hybridized carbons (Fsp3) is 0.500. The summed E-state index contributed by atoms with van der Waals surface area (Å²) < 4.78 is 6.20. The molecule has 0 aliphatic carbocycles. The van der Waals surface area contributed by atoms with Crippen molar-refractivity contribution in [3.63, 3.8) is 0 Å². The van der Waals surface area contributed by atoms with Gasteiger partial charge in [-0.25, -0.2) is 0 Å². The molecule has 16 heavy (non-hydrogen) atoms. The Labute approximate surface area is 110 Å². The normalized spacial score (nSPS) is 12.5. The Kier molecular flexibility index (Phi) is 6.24. The Morgan fingerprint density at radius 3 is 2.81 bits per heavy atom. The van der Waals surface area contributed by atoms with E-state index in [4.69, 9.17) is 10.5 Å². The molecule has 1 unspecified atom stereocenters. The molecule has 1 rings (SSSR count). The molecule has 1 aromatic rings. The number of thioether (sulfide) groups is 1. The fourth-order valence-corrected chi connectivity index (χ4v) is 2.91. The molecule has 0 radical (unpaired) electrons. The number of nitrogens with two attached hydrogens (primary N) is 1. The third kappa shape index (κ3) is 4.36. The van der Waals surface area contributed by atoms with Crippen LogP contribution in [0.3, 0.4) is 0 Å². The monoisotopic (exact) mass is 303 g/mol. The van der Waals surface area contributed by atoms with Crippen LogP contribution < -0.4 is 10.5 Å². The number of benzene rings is 1. The number of hydrogen-bond acceptors (Lipinski definition) is 3. The molecule has 90 valence electrons. The predicted molar refractivity (Wildman–Crippen MR) is 75.1 cm³/mol. The van der Waals surface area contributed by atoms with Crippen molar-refractivity contribution >= 4 is 27.7 Å². The summed E-state index contributed by atoms with van der Waals surface area (Å²) in [5, 5.41) is 0. The third-order valence-corrected chi connectivity index (χ3v) is 4.25. The van der Waals surface area contributed by atoms with Crippen molar-refractivity contribution in [2.75, 3.05) is 19.4 Å². The summed E-state index contributed by atoms with van der Waals surface area (Å²) >= 11 is 5.41. The van der Waals surface area contributed by atoms with E-state index in [0.29, 0.717) is 5.92 Å². The van der Waals surface area contributed by atoms with Gasteiger partial charge in [0, 0.05) is 5.75 Å². The van der Waals surface area contributed by atoms with Crippen LogP contribution in [0.5, 0.6) is 5.75 Å². The van der Waals surface area contributed by atoms with Crippen molar-refractivity contribution in [2.45, 2.75) is 12.7 Å². The largest absolute Gasteiger partial charge is 0.496 e. The molecule has 0 aliphatic rings. The molecular weight excluding hydrogens is 286 g/mol. The van der Waals surface area contributed by atoms with Crippen LogP contribution >= 0.6 is 27.7 Å². The zero-order chi connectivity index (χ0) is 12.0. The molecule has 0 spiro atoms. The maximum absolute atomic E-state index is 5.58. The van der Waals surface area contributed by atoms with Gasteiger partial charge in [0.15, 0.2) is 0 Å². The highest BCUT2D eigenvalue weighted by Gasteiger charge is 2.03. The predicted octanol–water partition coefficient (Wildman–Crippen LogP) is 3.29. The van der Waals surface area contributed by atoms with E-state index < -0.39 is 0 Å². The first-order valence-corrected chi connectivity index (χ1v) is 7.22. The van der Waals surface area contributed by atoms with E-state index in [1.165, 1.54) is 5.56 Å². The van der Waals surface area contributed by atoms with Crippen LogP contribution in [-0.4, -0.2) is 19.4 Å². The van der Waals surface area contributed by atoms with Crippen molar-refractivity contribution < 1.29 is 4.74 Å². The van der Waals surface area contributed by atoms with Gasteiger partial charge in [-0.3, -0.25) is 0 Å². The summed E-state index contributed by atoms with van der Waals surface area (Å²) in [5.74, 6) is 3.60. The lowest BCUT2D eigenvalue weighted by Gasteiger charge is -2.09. The molecule has 0 amide bonds. The van der Waals surface area contributed by atoms with E-state index in [0.717, 1.165) is 28.3 Å². The van der Waals surface area contributed by atoms with Gasteiger partial charge in [-0.1, -0.05) is 13.0 Å². The van der Waals surface area contributed by atoms with Gasteiger partial charge in [-0.15, -0.1) is 0 Å². The third-order valence-electron chi connectivity index (χ3n) is 2.29. The second kappa shape index (κ2) is 7.20. The van der Waals surface area contributed by atoms with Crippen molar-refractivity contribution in [1.29, 1.82) is 0 Å². The van der Waals surface area contributed by atoms with Gasteiger partial charge >= 0.3 is 0 Å². The number of hydrogen-bond donors (Lipinski definition) is 1. The van der Waals surface area contributed by atoms with Crippen molar-refractivity contribution in [2.24, 2.45) is 11.7 Å². The second-order valence-corrected chi connectivity index (χ2v) is 5.71. The molecule has 0 saturated carbocycles. The lowest BCUT2D eigenvalue weighted by atomic mass is 10.2. The van der Waals surface area contributed by atoms with Crippen LogP contribution in [0.15, 0.2) is 22.7 Å². The number of ether oxygens (including phenoxy) is 1. The Morgan fingerprint density at radius 2 is 2.25 bits per heavy atom. The topological polar surface area (TPSA) is 35.2 Å². The summed E-state index contributed by atoms with van der Waals surface area (Å²) in [6.45, 7) is 2.94. The molecule has 0 bridgehead atoms. The van der Waals surface area contributed by atoms with E-state index in [2.05, 4.69) is 35.0 Å². The SMILES string of the molecule is COc1ccc(CSCC(C)CN)cc1Br. The molecule has 1 aromatic carbocycles. The molecule has 0 heterocycles. The lowest BCUT2D eigenvalue weighted by molar-refractivity contribution is 0.412. The molecule has 2 nitrogen and oxygen atoms in total. The highest BCUT2D eigenvalue weighted by Crippen LogP contribution is 2.27. The highest BCUT2D eigenvalue weighted by molar-refractivity contribution is 9.10. The Hall–Kier alpha value is -0.190. The number of halogens is 1. The first-order valence-electron chi connectivity index (χ1n) is 5.27. The molecule has 0 aromatic heterocycles. The molecule has 4 heteroatoms. The van der Waals surface area contributed by atoms with Crippen LogP contribution in [-0.2, 0) is 5.75 Å². The van der Waals surface area contributed by atoms with Crippen LogP contribution in [0, 0.1) is 5.92 Å². The first kappa shape index (κ1) is 13.9. The van der Waals surface area contributed by atoms with Gasteiger partial charge in [0.05, 0.1) is 11.6 Å². The van der Waals surface area contributed by atoms with Crippen LogP contribution in [0.4, 0.5) is 0 Å². The first-order chi connectivity index (χ1) is 7.67. The quantitative estimate of drug-likeness (QED) is 0.876.